The molecule has 2 atom stereocenters. The Morgan fingerprint density at radius 3 is 2.94 bits per heavy atom. The number of rotatable bonds is 2. The number of fused-ring (bicyclic) bond motifs is 1. The summed E-state index contributed by atoms with van der Waals surface area (Å²) >= 11 is 0. The highest BCUT2D eigenvalue weighted by Crippen LogP contribution is 2.36. The number of nitrogens with one attached hydrogen (secondary N) is 1. The number of carbonyl (C=O) groups is 2. The molecule has 1 aliphatic heterocycles. The third-order valence-corrected chi connectivity index (χ3v) is 3.35. The van der Waals surface area contributed by atoms with E-state index in [0.717, 1.165) is 16.5 Å². The lowest BCUT2D eigenvalue weighted by molar-refractivity contribution is -0.152. The first-order valence-electron chi connectivity index (χ1n) is 5.64. The Labute approximate surface area is 102 Å². The summed E-state index contributed by atoms with van der Waals surface area (Å²) in [5, 5.41) is 10.1. The Bertz CT molecular complexity index is 631. The standard InChI is InChI=1S/C13H11NO4/c15-12(16)11-9(6-18-13(11)17)8-5-14-10-4-2-1-3-7(8)10/h1-5,9,11,14H,6H2,(H,15,16)/t9-,11+/m1/s1. The summed E-state index contributed by atoms with van der Waals surface area (Å²) in [4.78, 5) is 25.7. The molecule has 0 saturated carbocycles. The fraction of sp³-hybridized carbons (Fsp3) is 0.231. The Morgan fingerprint density at radius 1 is 1.39 bits per heavy atom. The average molecular weight is 245 g/mol. The van der Waals surface area contributed by atoms with Gasteiger partial charge in [0.15, 0.2) is 5.92 Å². The van der Waals surface area contributed by atoms with Gasteiger partial charge in [-0.1, -0.05) is 18.2 Å². The van der Waals surface area contributed by atoms with E-state index in [9.17, 15) is 9.59 Å². The largest absolute Gasteiger partial charge is 0.481 e. The monoisotopic (exact) mass is 245 g/mol. The van der Waals surface area contributed by atoms with E-state index in [0.29, 0.717) is 0 Å². The van der Waals surface area contributed by atoms with E-state index in [1.54, 1.807) is 6.20 Å². The first-order chi connectivity index (χ1) is 8.68. The van der Waals surface area contributed by atoms with E-state index in [4.69, 9.17) is 9.84 Å². The summed E-state index contributed by atoms with van der Waals surface area (Å²) in [5.74, 6) is -3.32. The van der Waals surface area contributed by atoms with Crippen LogP contribution in [-0.2, 0) is 14.3 Å². The number of ether oxygens (including phenoxy) is 1. The molecule has 18 heavy (non-hydrogen) atoms. The minimum absolute atomic E-state index is 0.123. The predicted molar refractivity (Wildman–Crippen MR) is 63.1 cm³/mol. The maximum Gasteiger partial charge on any atom is 0.321 e. The van der Waals surface area contributed by atoms with Crippen molar-refractivity contribution in [2.24, 2.45) is 5.92 Å². The molecule has 1 aromatic carbocycles. The number of esters is 1. The second-order valence-corrected chi connectivity index (χ2v) is 4.34. The second kappa shape index (κ2) is 3.87. The molecule has 0 amide bonds. The van der Waals surface area contributed by atoms with Crippen molar-refractivity contribution in [3.05, 3.63) is 36.0 Å². The van der Waals surface area contributed by atoms with Gasteiger partial charge in [-0.3, -0.25) is 9.59 Å². The predicted octanol–water partition coefficient (Wildman–Crippen LogP) is 1.51. The van der Waals surface area contributed by atoms with Gasteiger partial charge in [0.2, 0.25) is 0 Å². The van der Waals surface area contributed by atoms with Gasteiger partial charge in [0.05, 0.1) is 6.61 Å². The summed E-state index contributed by atoms with van der Waals surface area (Å²) in [6.45, 7) is 0.123. The number of carboxylic acids is 1. The van der Waals surface area contributed by atoms with E-state index < -0.39 is 23.8 Å². The number of carboxylic acid groups (broad SMARTS) is 1. The number of benzene rings is 1. The van der Waals surface area contributed by atoms with Crippen molar-refractivity contribution in [3.8, 4) is 0 Å². The molecule has 0 aliphatic carbocycles. The lowest BCUT2D eigenvalue weighted by Gasteiger charge is -2.10. The van der Waals surface area contributed by atoms with Crippen LogP contribution >= 0.6 is 0 Å². The van der Waals surface area contributed by atoms with Crippen molar-refractivity contribution in [1.82, 2.24) is 4.98 Å². The van der Waals surface area contributed by atoms with Crippen molar-refractivity contribution in [2.75, 3.05) is 6.61 Å². The molecule has 0 unspecified atom stereocenters. The summed E-state index contributed by atoms with van der Waals surface area (Å²) in [6.07, 6.45) is 1.76. The Hall–Kier alpha value is -2.30. The fourth-order valence-electron chi connectivity index (χ4n) is 2.47. The van der Waals surface area contributed by atoms with Gasteiger partial charge in [0.1, 0.15) is 0 Å². The summed E-state index contributed by atoms with van der Waals surface area (Å²) in [6, 6.07) is 7.59. The van der Waals surface area contributed by atoms with Crippen LogP contribution in [0.15, 0.2) is 30.5 Å². The van der Waals surface area contributed by atoms with E-state index in [2.05, 4.69) is 4.98 Å². The van der Waals surface area contributed by atoms with Gasteiger partial charge >= 0.3 is 11.9 Å². The van der Waals surface area contributed by atoms with Crippen LogP contribution in [0.2, 0.25) is 0 Å². The van der Waals surface area contributed by atoms with Crippen molar-refractivity contribution < 1.29 is 19.4 Å². The maximum absolute atomic E-state index is 11.4. The molecule has 2 aromatic rings. The molecular weight excluding hydrogens is 234 g/mol. The number of H-pyrrole nitrogens is 1. The van der Waals surface area contributed by atoms with Crippen LogP contribution in [0.3, 0.4) is 0 Å². The third kappa shape index (κ3) is 1.48. The summed E-state index contributed by atoms with van der Waals surface area (Å²) in [7, 11) is 0. The van der Waals surface area contributed by atoms with Gasteiger partial charge in [-0.25, -0.2) is 0 Å². The minimum atomic E-state index is -1.13. The zero-order chi connectivity index (χ0) is 12.7. The zero-order valence-corrected chi connectivity index (χ0v) is 9.42. The molecule has 5 heteroatoms. The number of cyclic esters (lactones) is 1. The Balaban J connectivity index is 2.09. The van der Waals surface area contributed by atoms with Crippen molar-refractivity contribution >= 4 is 22.8 Å². The third-order valence-electron chi connectivity index (χ3n) is 3.35. The van der Waals surface area contributed by atoms with Gasteiger partial charge < -0.3 is 14.8 Å². The van der Waals surface area contributed by atoms with Crippen molar-refractivity contribution in [1.29, 1.82) is 0 Å². The number of para-hydroxylation sites is 1. The highest BCUT2D eigenvalue weighted by Gasteiger charge is 2.44. The Morgan fingerprint density at radius 2 is 2.17 bits per heavy atom. The van der Waals surface area contributed by atoms with Crippen LogP contribution in [0.1, 0.15) is 11.5 Å². The molecule has 5 nitrogen and oxygen atoms in total. The van der Waals surface area contributed by atoms with E-state index in [1.807, 2.05) is 24.3 Å². The molecule has 3 rings (SSSR count). The van der Waals surface area contributed by atoms with Crippen molar-refractivity contribution in [2.45, 2.75) is 5.92 Å². The number of carbonyl (C=O) groups excluding carboxylic acids is 1. The minimum Gasteiger partial charge on any atom is -0.481 e. The molecule has 0 spiro atoms. The first kappa shape index (κ1) is 10.8. The number of aromatic amines is 1. The topological polar surface area (TPSA) is 79.4 Å². The van der Waals surface area contributed by atoms with Crippen LogP contribution in [0.5, 0.6) is 0 Å². The Kier molecular flexibility index (Phi) is 2.33. The van der Waals surface area contributed by atoms with Gasteiger partial charge in [-0.15, -0.1) is 0 Å². The molecule has 2 heterocycles. The zero-order valence-electron chi connectivity index (χ0n) is 9.42. The van der Waals surface area contributed by atoms with Crippen molar-refractivity contribution in [3.63, 3.8) is 0 Å². The maximum atomic E-state index is 11.4. The molecule has 2 N–H and O–H groups in total. The fourth-order valence-corrected chi connectivity index (χ4v) is 2.47. The number of hydrogen-bond donors (Lipinski definition) is 2. The van der Waals surface area contributed by atoms with Gasteiger partial charge in [-0.2, -0.15) is 0 Å². The molecule has 0 bridgehead atoms. The normalized spacial score (nSPS) is 23.2. The smallest absolute Gasteiger partial charge is 0.321 e. The summed E-state index contributed by atoms with van der Waals surface area (Å²) in [5.41, 5.74) is 1.75. The van der Waals surface area contributed by atoms with Crippen LogP contribution in [0.25, 0.3) is 10.9 Å². The highest BCUT2D eigenvalue weighted by atomic mass is 16.5. The molecule has 92 valence electrons. The van der Waals surface area contributed by atoms with Gasteiger partial charge in [0, 0.05) is 23.0 Å². The second-order valence-electron chi connectivity index (χ2n) is 4.34. The van der Waals surface area contributed by atoms with E-state index >= 15 is 0 Å². The molecule has 1 aromatic heterocycles. The van der Waals surface area contributed by atoms with Crippen LogP contribution in [0, 0.1) is 5.92 Å². The van der Waals surface area contributed by atoms with Crippen LogP contribution in [-0.4, -0.2) is 28.6 Å². The SMILES string of the molecule is O=C(O)[C@H]1C(=O)OC[C@@H]1c1c[nH]c2ccccc12. The van der Waals surface area contributed by atoms with Crippen LogP contribution in [0.4, 0.5) is 0 Å². The number of aliphatic carboxylic acids is 1. The van der Waals surface area contributed by atoms with Crippen LogP contribution < -0.4 is 0 Å². The number of aromatic nitrogens is 1. The van der Waals surface area contributed by atoms with E-state index in [1.165, 1.54) is 0 Å². The van der Waals surface area contributed by atoms with E-state index in [-0.39, 0.29) is 6.61 Å². The molecule has 0 radical (unpaired) electrons. The highest BCUT2D eigenvalue weighted by molar-refractivity contribution is 5.97. The van der Waals surface area contributed by atoms with Gasteiger partial charge in [-0.05, 0) is 11.6 Å². The average Bonchev–Trinajstić information content (AvgIpc) is 2.92. The summed E-state index contributed by atoms with van der Waals surface area (Å²) < 4.78 is 4.88. The molecule has 1 saturated heterocycles. The first-order valence-corrected chi connectivity index (χ1v) is 5.64. The quantitative estimate of drug-likeness (QED) is 0.621. The lowest BCUT2D eigenvalue weighted by Crippen LogP contribution is -2.23. The lowest BCUT2D eigenvalue weighted by atomic mass is 9.88. The van der Waals surface area contributed by atoms with Gasteiger partial charge in [0.25, 0.3) is 0 Å². The molecule has 1 fully saturated rings. The molecular formula is C13H11NO4. The number of hydrogen-bond acceptors (Lipinski definition) is 3. The molecule has 1 aliphatic rings.